The highest BCUT2D eigenvalue weighted by molar-refractivity contribution is 5.90. The molecule has 4 heterocycles. The Balaban J connectivity index is 0.000000297. The van der Waals surface area contributed by atoms with Crippen LogP contribution in [-0.4, -0.2) is 51.8 Å². The van der Waals surface area contributed by atoms with Gasteiger partial charge in [0.1, 0.15) is 0 Å². The number of rotatable bonds is 6. The molecular formula is C27H38N2O5. The number of unbranched alkanes of at least 4 members (excludes halogenated alkanes) is 2. The first kappa shape index (κ1) is 24.7. The third-order valence-corrected chi connectivity index (χ3v) is 8.17. The number of piperidine rings is 1. The van der Waals surface area contributed by atoms with Crippen LogP contribution in [0.4, 0.5) is 0 Å². The smallest absolute Gasteiger partial charge is 0.359 e. The fourth-order valence-corrected chi connectivity index (χ4v) is 6.63. The molecule has 186 valence electrons. The molecule has 7 heteroatoms. The molecule has 7 nitrogen and oxygen atoms in total. The molecule has 1 fully saturated rings. The lowest BCUT2D eigenvalue weighted by atomic mass is 9.62. The van der Waals surface area contributed by atoms with Crippen molar-refractivity contribution in [2.75, 3.05) is 20.2 Å². The molecule has 0 spiro atoms. The van der Waals surface area contributed by atoms with Crippen LogP contribution in [0.1, 0.15) is 82.5 Å². The van der Waals surface area contributed by atoms with Crippen molar-refractivity contribution in [3.05, 3.63) is 35.5 Å². The van der Waals surface area contributed by atoms with Crippen molar-refractivity contribution in [1.82, 2.24) is 9.47 Å². The number of aromatic nitrogens is 1. The van der Waals surface area contributed by atoms with E-state index in [-0.39, 0.29) is 11.5 Å². The molecule has 0 saturated carbocycles. The minimum atomic E-state index is -1.63. The fraction of sp³-hybridized carbons (Fsp3) is 0.630. The van der Waals surface area contributed by atoms with E-state index in [1.807, 2.05) is 22.8 Å². The SMILES string of the molecule is CCCCCC(=O)O.CC[C@]12CCCN3CCc4c(n(c5ccccc45)[C@@](O)(C(=O)OC)C1)[C@@H]32. The van der Waals surface area contributed by atoms with Crippen LogP contribution < -0.4 is 0 Å². The maximum absolute atomic E-state index is 12.8. The van der Waals surface area contributed by atoms with Crippen LogP contribution in [0.2, 0.25) is 0 Å². The fourth-order valence-electron chi connectivity index (χ4n) is 6.63. The molecule has 0 radical (unpaired) electrons. The van der Waals surface area contributed by atoms with E-state index < -0.39 is 17.7 Å². The Kier molecular flexibility index (Phi) is 7.06. The van der Waals surface area contributed by atoms with E-state index in [1.165, 1.54) is 18.1 Å². The Morgan fingerprint density at radius 1 is 1.18 bits per heavy atom. The van der Waals surface area contributed by atoms with Gasteiger partial charge in [0.15, 0.2) is 0 Å². The van der Waals surface area contributed by atoms with Crippen LogP contribution in [-0.2, 0) is 26.5 Å². The van der Waals surface area contributed by atoms with Crippen molar-refractivity contribution in [2.45, 2.75) is 83.4 Å². The lowest BCUT2D eigenvalue weighted by molar-refractivity contribution is -0.194. The molecule has 5 rings (SSSR count). The third kappa shape index (κ3) is 3.93. The van der Waals surface area contributed by atoms with E-state index in [0.29, 0.717) is 12.8 Å². The van der Waals surface area contributed by atoms with E-state index in [9.17, 15) is 14.7 Å². The molecule has 2 aromatic rings. The Morgan fingerprint density at radius 3 is 2.62 bits per heavy atom. The number of carbonyl (C=O) groups excluding carboxylic acids is 1. The van der Waals surface area contributed by atoms with Gasteiger partial charge < -0.3 is 19.5 Å². The second-order valence-corrected chi connectivity index (χ2v) is 10.1. The van der Waals surface area contributed by atoms with E-state index in [1.54, 1.807) is 0 Å². The maximum Gasteiger partial charge on any atom is 0.359 e. The number of ether oxygens (including phenoxy) is 1. The van der Waals surface area contributed by atoms with Crippen molar-refractivity contribution in [3.8, 4) is 0 Å². The number of hydrogen-bond acceptors (Lipinski definition) is 5. The summed E-state index contributed by atoms with van der Waals surface area (Å²) in [5.74, 6) is -1.23. The maximum atomic E-state index is 12.8. The van der Waals surface area contributed by atoms with Crippen LogP contribution in [0, 0.1) is 5.41 Å². The number of aliphatic hydroxyl groups is 1. The number of carbonyl (C=O) groups is 2. The second kappa shape index (κ2) is 9.70. The number of carboxylic acids is 1. The summed E-state index contributed by atoms with van der Waals surface area (Å²) in [6.07, 6.45) is 7.79. The topological polar surface area (TPSA) is 92.0 Å². The number of esters is 1. The third-order valence-electron chi connectivity index (χ3n) is 8.17. The highest BCUT2D eigenvalue weighted by Gasteiger charge is 2.60. The Morgan fingerprint density at radius 2 is 1.94 bits per heavy atom. The molecule has 3 aliphatic rings. The average molecular weight is 471 g/mol. The number of aliphatic carboxylic acids is 1. The molecule has 2 N–H and O–H groups in total. The number of methoxy groups -OCH3 is 1. The molecule has 3 atom stereocenters. The summed E-state index contributed by atoms with van der Waals surface area (Å²) in [4.78, 5) is 25.3. The van der Waals surface area contributed by atoms with Gasteiger partial charge in [-0.1, -0.05) is 44.9 Å². The van der Waals surface area contributed by atoms with Crippen molar-refractivity contribution < 1.29 is 24.5 Å². The summed E-state index contributed by atoms with van der Waals surface area (Å²) in [5, 5.41) is 21.0. The number of benzene rings is 1. The second-order valence-electron chi connectivity index (χ2n) is 10.1. The zero-order valence-corrected chi connectivity index (χ0v) is 20.7. The first-order valence-electron chi connectivity index (χ1n) is 12.7. The molecular weight excluding hydrogens is 432 g/mol. The van der Waals surface area contributed by atoms with E-state index >= 15 is 0 Å². The normalized spacial score (nSPS) is 27.5. The number of hydrogen-bond donors (Lipinski definition) is 2. The van der Waals surface area contributed by atoms with E-state index in [2.05, 4.69) is 24.8 Å². The van der Waals surface area contributed by atoms with Gasteiger partial charge in [0.05, 0.1) is 18.7 Å². The molecule has 0 unspecified atom stereocenters. The number of fused-ring (bicyclic) bond motifs is 3. The van der Waals surface area contributed by atoms with Gasteiger partial charge >= 0.3 is 11.9 Å². The van der Waals surface area contributed by atoms with Crippen molar-refractivity contribution in [3.63, 3.8) is 0 Å². The van der Waals surface area contributed by atoms with Gasteiger partial charge in [0.25, 0.3) is 0 Å². The molecule has 1 aromatic heterocycles. The average Bonchev–Trinajstić information content (AvgIpc) is 3.19. The zero-order chi connectivity index (χ0) is 24.5. The molecule has 1 aromatic carbocycles. The summed E-state index contributed by atoms with van der Waals surface area (Å²) in [6, 6.07) is 8.45. The predicted molar refractivity (Wildman–Crippen MR) is 131 cm³/mol. The highest BCUT2D eigenvalue weighted by Crippen LogP contribution is 2.60. The molecule has 34 heavy (non-hydrogen) atoms. The van der Waals surface area contributed by atoms with Crippen LogP contribution in [0.15, 0.2) is 24.3 Å². The zero-order valence-electron chi connectivity index (χ0n) is 20.7. The van der Waals surface area contributed by atoms with E-state index in [4.69, 9.17) is 9.84 Å². The van der Waals surface area contributed by atoms with Gasteiger partial charge in [-0.25, -0.2) is 4.79 Å². The lowest BCUT2D eigenvalue weighted by Crippen LogP contribution is -2.60. The first-order valence-corrected chi connectivity index (χ1v) is 12.7. The summed E-state index contributed by atoms with van der Waals surface area (Å²) in [5.41, 5.74) is 1.69. The summed E-state index contributed by atoms with van der Waals surface area (Å²) >= 11 is 0. The van der Waals surface area contributed by atoms with Crippen molar-refractivity contribution in [1.29, 1.82) is 0 Å². The van der Waals surface area contributed by atoms with Gasteiger partial charge in [-0.2, -0.15) is 0 Å². The highest BCUT2D eigenvalue weighted by atomic mass is 16.5. The van der Waals surface area contributed by atoms with E-state index in [0.717, 1.165) is 69.2 Å². The van der Waals surface area contributed by atoms with Gasteiger partial charge in [0.2, 0.25) is 5.72 Å². The van der Waals surface area contributed by atoms with Crippen LogP contribution >= 0.6 is 0 Å². The van der Waals surface area contributed by atoms with Crippen molar-refractivity contribution >= 4 is 22.8 Å². The molecule has 0 aliphatic carbocycles. The molecule has 0 amide bonds. The number of para-hydroxylation sites is 1. The van der Waals surface area contributed by atoms with Gasteiger partial charge in [-0.05, 0) is 55.7 Å². The largest absolute Gasteiger partial charge is 0.481 e. The van der Waals surface area contributed by atoms with Gasteiger partial charge in [-0.3, -0.25) is 9.69 Å². The van der Waals surface area contributed by atoms with Crippen LogP contribution in [0.5, 0.6) is 0 Å². The Hall–Kier alpha value is -2.38. The Bertz CT molecular complexity index is 1060. The van der Waals surface area contributed by atoms with Crippen molar-refractivity contribution in [2.24, 2.45) is 5.41 Å². The molecule has 1 saturated heterocycles. The number of nitrogens with zero attached hydrogens (tertiary/aromatic N) is 2. The molecule has 3 aliphatic heterocycles. The minimum Gasteiger partial charge on any atom is -0.481 e. The quantitative estimate of drug-likeness (QED) is 0.473. The predicted octanol–water partition coefficient (Wildman–Crippen LogP) is 4.60. The first-order chi connectivity index (χ1) is 16.3. The summed E-state index contributed by atoms with van der Waals surface area (Å²) in [6.45, 7) is 6.42. The minimum absolute atomic E-state index is 0.0826. The Labute approximate surface area is 201 Å². The monoisotopic (exact) mass is 470 g/mol. The summed E-state index contributed by atoms with van der Waals surface area (Å²) in [7, 11) is 1.37. The molecule has 0 bridgehead atoms. The van der Waals surface area contributed by atoms with Gasteiger partial charge in [-0.15, -0.1) is 0 Å². The summed E-state index contributed by atoms with van der Waals surface area (Å²) < 4.78 is 7.01. The standard InChI is InChI=1S/C21H26N2O3.C6H12O2/c1-3-20-10-6-11-22-12-9-15-14-7-4-5-8-16(14)23(17(15)18(20)22)21(25,13-20)19(24)26-2;1-2-3-4-5-6(7)8/h4-5,7-8,18,25H,3,6,9-13H2,1-2H3;2-5H2,1H3,(H,7,8)/t18-,20+,21+;/m1./s1. The van der Waals surface area contributed by atoms with Crippen LogP contribution in [0.3, 0.4) is 0 Å². The number of carboxylic acid groups (broad SMARTS) is 1. The van der Waals surface area contributed by atoms with Crippen LogP contribution in [0.25, 0.3) is 10.9 Å². The lowest BCUT2D eigenvalue weighted by Gasteiger charge is -2.57. The van der Waals surface area contributed by atoms with Gasteiger partial charge in [0, 0.05) is 30.5 Å².